The summed E-state index contributed by atoms with van der Waals surface area (Å²) in [6.07, 6.45) is 2.70. The highest BCUT2D eigenvalue weighted by molar-refractivity contribution is 7.98. The third kappa shape index (κ3) is 2.33. The fraction of sp³-hybridized carbons (Fsp3) is 0.545. The Morgan fingerprint density at radius 3 is 3.09 bits per heavy atom. The number of nitrogen functional groups attached to an aromatic ring is 1. The summed E-state index contributed by atoms with van der Waals surface area (Å²) in [6.45, 7) is 0. The molecule has 0 radical (unpaired) electrons. The molecule has 1 aliphatic rings. The highest BCUT2D eigenvalue weighted by atomic mass is 32.2. The molecule has 22 heavy (non-hydrogen) atoms. The number of hydrogen-bond donors (Lipinski definition) is 2. The molecule has 116 valence electrons. The lowest BCUT2D eigenvalue weighted by Gasteiger charge is -2.17. The molecule has 10 nitrogen and oxygen atoms in total. The number of nitrogens with two attached hydrogens (primary N) is 1. The predicted octanol–water partition coefficient (Wildman–Crippen LogP) is 0.709. The summed E-state index contributed by atoms with van der Waals surface area (Å²) in [5.74, 6) is 0.835. The van der Waals surface area contributed by atoms with Crippen molar-refractivity contribution >= 4 is 28.7 Å². The maximum atomic E-state index is 10.3. The predicted molar refractivity (Wildman–Crippen MR) is 81.0 cm³/mol. The van der Waals surface area contributed by atoms with Crippen LogP contribution in [-0.2, 0) is 4.74 Å². The lowest BCUT2D eigenvalue weighted by Crippen LogP contribution is -2.31. The minimum absolute atomic E-state index is 0.253. The zero-order valence-corrected chi connectivity index (χ0v) is 12.5. The van der Waals surface area contributed by atoms with Crippen molar-refractivity contribution in [3.05, 3.63) is 23.1 Å². The van der Waals surface area contributed by atoms with Crippen LogP contribution >= 0.6 is 11.8 Å². The normalized spacial score (nSPS) is 27.9. The van der Waals surface area contributed by atoms with Crippen LogP contribution in [-0.4, -0.2) is 54.9 Å². The van der Waals surface area contributed by atoms with Crippen LogP contribution in [0.4, 0.5) is 5.82 Å². The number of anilines is 1. The van der Waals surface area contributed by atoms with E-state index in [9.17, 15) is 5.11 Å². The summed E-state index contributed by atoms with van der Waals surface area (Å²) in [6, 6.07) is -0.768. The topological polar surface area (TPSA) is 148 Å². The second-order valence-electron chi connectivity index (χ2n) is 4.79. The Labute approximate surface area is 129 Å². The molecule has 2 aromatic heterocycles. The first-order valence-electron chi connectivity index (χ1n) is 6.47. The van der Waals surface area contributed by atoms with Crippen molar-refractivity contribution in [3.63, 3.8) is 0 Å². The summed E-state index contributed by atoms with van der Waals surface area (Å²) in [4.78, 5) is 15.0. The van der Waals surface area contributed by atoms with Gasteiger partial charge < -0.3 is 15.6 Å². The molecule has 2 aromatic rings. The largest absolute Gasteiger partial charge is 0.390 e. The van der Waals surface area contributed by atoms with Crippen molar-refractivity contribution in [1.82, 2.24) is 19.5 Å². The van der Waals surface area contributed by atoms with Gasteiger partial charge in [-0.3, -0.25) is 4.57 Å². The summed E-state index contributed by atoms with van der Waals surface area (Å²) in [5.41, 5.74) is 15.4. The van der Waals surface area contributed by atoms with Crippen LogP contribution in [0.3, 0.4) is 0 Å². The highest BCUT2D eigenvalue weighted by Gasteiger charge is 2.44. The first-order valence-corrected chi connectivity index (χ1v) is 7.86. The van der Waals surface area contributed by atoms with Gasteiger partial charge in [0, 0.05) is 10.7 Å². The molecule has 0 aromatic carbocycles. The van der Waals surface area contributed by atoms with Crippen molar-refractivity contribution < 1.29 is 9.84 Å². The average Bonchev–Trinajstić information content (AvgIpc) is 3.05. The van der Waals surface area contributed by atoms with E-state index in [1.807, 2.05) is 6.26 Å². The number of thioether (sulfide) groups is 1. The standard InChI is InChI=1S/C11H14N8O2S/c1-22-2-5-8(20)6(17-18-13)11(21-5)19-4-16-7-9(12)14-3-15-10(7)19/h3-6,8,11,20H,2H2,1H3,(H2,12,14,15)/t5?,6-,8-,11-/m1/s1. The van der Waals surface area contributed by atoms with E-state index in [2.05, 4.69) is 25.0 Å². The van der Waals surface area contributed by atoms with E-state index >= 15 is 0 Å². The van der Waals surface area contributed by atoms with E-state index in [0.29, 0.717) is 16.9 Å². The Balaban J connectivity index is 2.04. The highest BCUT2D eigenvalue weighted by Crippen LogP contribution is 2.35. The molecule has 1 aliphatic heterocycles. The van der Waals surface area contributed by atoms with E-state index < -0.39 is 24.5 Å². The van der Waals surface area contributed by atoms with E-state index in [-0.39, 0.29) is 5.82 Å². The van der Waals surface area contributed by atoms with Gasteiger partial charge in [0.15, 0.2) is 11.5 Å². The Hall–Kier alpha value is -2.07. The number of aliphatic hydroxyl groups excluding tert-OH is 1. The number of rotatable bonds is 4. The van der Waals surface area contributed by atoms with E-state index in [0.717, 1.165) is 0 Å². The number of imidazole rings is 1. The van der Waals surface area contributed by atoms with Gasteiger partial charge in [-0.2, -0.15) is 11.8 Å². The SMILES string of the molecule is CSCC1O[C@@H](n2cnc3c(N)ncnc32)[C@H](N=[N+]=[N-])[C@@H]1O. The molecule has 0 aliphatic carbocycles. The van der Waals surface area contributed by atoms with Crippen molar-refractivity contribution in [2.24, 2.45) is 5.11 Å². The number of nitrogens with zero attached hydrogens (tertiary/aromatic N) is 7. The van der Waals surface area contributed by atoms with Crippen molar-refractivity contribution in [1.29, 1.82) is 0 Å². The van der Waals surface area contributed by atoms with Crippen LogP contribution < -0.4 is 5.73 Å². The van der Waals surface area contributed by atoms with Gasteiger partial charge >= 0.3 is 0 Å². The van der Waals surface area contributed by atoms with Crippen LogP contribution in [0, 0.1) is 0 Å². The van der Waals surface area contributed by atoms with Crippen molar-refractivity contribution in [2.75, 3.05) is 17.7 Å². The van der Waals surface area contributed by atoms with Gasteiger partial charge in [0.25, 0.3) is 0 Å². The first-order chi connectivity index (χ1) is 10.7. The third-order valence-electron chi connectivity index (χ3n) is 3.51. The number of aromatic nitrogens is 4. The number of azide groups is 1. The molecule has 0 saturated carbocycles. The minimum Gasteiger partial charge on any atom is -0.390 e. The maximum Gasteiger partial charge on any atom is 0.167 e. The lowest BCUT2D eigenvalue weighted by molar-refractivity contribution is -0.00489. The van der Waals surface area contributed by atoms with Crippen molar-refractivity contribution in [3.8, 4) is 0 Å². The Morgan fingerprint density at radius 1 is 1.55 bits per heavy atom. The van der Waals surface area contributed by atoms with Crippen LogP contribution in [0.1, 0.15) is 6.23 Å². The number of aliphatic hydroxyl groups is 1. The van der Waals surface area contributed by atoms with Gasteiger partial charge in [-0.25, -0.2) is 15.0 Å². The number of fused-ring (bicyclic) bond motifs is 1. The van der Waals surface area contributed by atoms with Gasteiger partial charge in [-0.05, 0) is 11.8 Å². The first kappa shape index (κ1) is 14.9. The summed E-state index contributed by atoms with van der Waals surface area (Å²) >= 11 is 1.54. The van der Waals surface area contributed by atoms with E-state index in [1.54, 1.807) is 4.57 Å². The smallest absolute Gasteiger partial charge is 0.167 e. The molecule has 3 heterocycles. The molecule has 0 bridgehead atoms. The molecule has 11 heteroatoms. The van der Waals surface area contributed by atoms with Crippen LogP contribution in [0.25, 0.3) is 21.6 Å². The fourth-order valence-electron chi connectivity index (χ4n) is 2.50. The molecule has 1 saturated heterocycles. The quantitative estimate of drug-likeness (QED) is 0.478. The molecule has 0 spiro atoms. The van der Waals surface area contributed by atoms with Gasteiger partial charge in [0.2, 0.25) is 0 Å². The molecule has 3 rings (SSSR count). The Kier molecular flexibility index (Phi) is 4.03. The van der Waals surface area contributed by atoms with Gasteiger partial charge in [0.1, 0.15) is 24.1 Å². The van der Waals surface area contributed by atoms with Crippen LogP contribution in [0.5, 0.6) is 0 Å². The zero-order chi connectivity index (χ0) is 15.7. The monoisotopic (exact) mass is 322 g/mol. The molecule has 0 amide bonds. The number of ether oxygens (including phenoxy) is 1. The van der Waals surface area contributed by atoms with Gasteiger partial charge in [-0.15, -0.1) is 0 Å². The van der Waals surface area contributed by atoms with Crippen molar-refractivity contribution in [2.45, 2.75) is 24.5 Å². The summed E-state index contributed by atoms with van der Waals surface area (Å²) < 4.78 is 7.47. The maximum absolute atomic E-state index is 10.3. The van der Waals surface area contributed by atoms with Crippen LogP contribution in [0.15, 0.2) is 17.8 Å². The molecule has 4 atom stereocenters. The average molecular weight is 322 g/mol. The second kappa shape index (κ2) is 5.97. The summed E-state index contributed by atoms with van der Waals surface area (Å²) in [7, 11) is 0. The Morgan fingerprint density at radius 2 is 2.36 bits per heavy atom. The Bertz CT molecular complexity index is 730. The van der Waals surface area contributed by atoms with Crippen LogP contribution in [0.2, 0.25) is 0 Å². The molecule has 3 N–H and O–H groups in total. The van der Waals surface area contributed by atoms with E-state index in [1.165, 1.54) is 24.4 Å². The third-order valence-corrected chi connectivity index (χ3v) is 4.18. The molecular weight excluding hydrogens is 308 g/mol. The van der Waals surface area contributed by atoms with Gasteiger partial charge in [-0.1, -0.05) is 5.11 Å². The van der Waals surface area contributed by atoms with E-state index in [4.69, 9.17) is 16.0 Å². The second-order valence-corrected chi connectivity index (χ2v) is 5.70. The van der Waals surface area contributed by atoms with Gasteiger partial charge in [0.05, 0.1) is 18.5 Å². The minimum atomic E-state index is -0.898. The summed E-state index contributed by atoms with van der Waals surface area (Å²) in [5, 5.41) is 14.0. The molecular formula is C11H14N8O2S. The zero-order valence-electron chi connectivity index (χ0n) is 11.6. The number of hydrogen-bond acceptors (Lipinski definition) is 8. The lowest BCUT2D eigenvalue weighted by atomic mass is 10.1. The fourth-order valence-corrected chi connectivity index (χ4v) is 3.11. The molecule has 1 fully saturated rings. The molecule has 1 unspecified atom stereocenters.